The zero-order valence-electron chi connectivity index (χ0n) is 14.3. The molecule has 1 aromatic heterocycles. The number of aryl methyl sites for hydroxylation is 1. The lowest BCUT2D eigenvalue weighted by Crippen LogP contribution is -2.07. The number of nitrogens with zero attached hydrogens (tertiary/aromatic N) is 2. The highest BCUT2D eigenvalue weighted by molar-refractivity contribution is 5.99. The molecule has 0 radical (unpaired) electrons. The van der Waals surface area contributed by atoms with E-state index in [9.17, 15) is 10.1 Å². The largest absolute Gasteiger partial charge is 0.489 e. The average Bonchev–Trinajstić information content (AvgIpc) is 2.55. The quantitative estimate of drug-likeness (QED) is 0.524. The molecule has 2 aromatic carbocycles. The minimum atomic E-state index is -0.374. The summed E-state index contributed by atoms with van der Waals surface area (Å²) in [5.74, 6) is 1.28. The van der Waals surface area contributed by atoms with Crippen LogP contribution in [0.4, 0.5) is 17.2 Å². The van der Waals surface area contributed by atoms with Crippen molar-refractivity contribution in [1.82, 2.24) is 4.98 Å². The van der Waals surface area contributed by atoms with Crippen molar-refractivity contribution < 1.29 is 9.66 Å². The number of pyridine rings is 1. The number of aromatic nitrogens is 1. The van der Waals surface area contributed by atoms with Crippen LogP contribution in [-0.4, -0.2) is 16.0 Å². The van der Waals surface area contributed by atoms with Crippen LogP contribution in [0.5, 0.6) is 5.75 Å². The van der Waals surface area contributed by atoms with Crippen LogP contribution in [0, 0.1) is 17.0 Å². The zero-order chi connectivity index (χ0) is 18.0. The lowest BCUT2D eigenvalue weighted by molar-refractivity contribution is -0.383. The van der Waals surface area contributed by atoms with Gasteiger partial charge in [-0.15, -0.1) is 0 Å². The summed E-state index contributed by atoms with van der Waals surface area (Å²) in [4.78, 5) is 15.5. The molecule has 1 N–H and O–H groups in total. The molecule has 6 heteroatoms. The summed E-state index contributed by atoms with van der Waals surface area (Å²) in [6.45, 7) is 5.73. The molecular formula is C19H19N3O3. The molecule has 0 atom stereocenters. The molecule has 128 valence electrons. The first-order valence-electron chi connectivity index (χ1n) is 8.03. The summed E-state index contributed by atoms with van der Waals surface area (Å²) in [6, 6.07) is 14.3. The average molecular weight is 337 g/mol. The first-order chi connectivity index (χ1) is 12.0. The predicted octanol–water partition coefficient (Wildman–Crippen LogP) is 4.98. The molecule has 0 amide bonds. The maximum absolute atomic E-state index is 11.3. The van der Waals surface area contributed by atoms with Crippen molar-refractivity contribution in [3.05, 3.63) is 64.3 Å². The number of rotatable bonds is 5. The number of hydrogen-bond donors (Lipinski definition) is 1. The van der Waals surface area contributed by atoms with Gasteiger partial charge >= 0.3 is 0 Å². The van der Waals surface area contributed by atoms with E-state index in [-0.39, 0.29) is 16.7 Å². The summed E-state index contributed by atoms with van der Waals surface area (Å²) >= 11 is 0. The summed E-state index contributed by atoms with van der Waals surface area (Å²) in [7, 11) is 0. The third-order valence-electron chi connectivity index (χ3n) is 3.68. The fraction of sp³-hybridized carbons (Fsp3) is 0.211. The Morgan fingerprint density at radius 2 is 1.88 bits per heavy atom. The molecule has 0 aliphatic rings. The second kappa shape index (κ2) is 6.76. The Labute approximate surface area is 145 Å². The fourth-order valence-electron chi connectivity index (χ4n) is 2.70. The highest BCUT2D eigenvalue weighted by Gasteiger charge is 2.16. The molecule has 3 aromatic rings. The van der Waals surface area contributed by atoms with Crippen molar-refractivity contribution >= 4 is 28.0 Å². The molecule has 0 spiro atoms. The monoisotopic (exact) mass is 337 g/mol. The van der Waals surface area contributed by atoms with Gasteiger partial charge in [-0.25, -0.2) is 4.98 Å². The van der Waals surface area contributed by atoms with Gasteiger partial charge in [-0.3, -0.25) is 10.1 Å². The first-order valence-corrected chi connectivity index (χ1v) is 8.03. The molecule has 3 rings (SSSR count). The number of ether oxygens (including phenoxy) is 1. The predicted molar refractivity (Wildman–Crippen MR) is 98.6 cm³/mol. The minimum Gasteiger partial charge on any atom is -0.489 e. The van der Waals surface area contributed by atoms with E-state index in [4.69, 9.17) is 4.74 Å². The van der Waals surface area contributed by atoms with E-state index in [0.717, 1.165) is 5.69 Å². The fourth-order valence-corrected chi connectivity index (χ4v) is 2.70. The first kappa shape index (κ1) is 16.7. The molecular weight excluding hydrogens is 318 g/mol. The van der Waals surface area contributed by atoms with Gasteiger partial charge in [0.25, 0.3) is 5.69 Å². The highest BCUT2D eigenvalue weighted by Crippen LogP contribution is 2.34. The Morgan fingerprint density at radius 1 is 1.12 bits per heavy atom. The molecule has 0 saturated carbocycles. The van der Waals surface area contributed by atoms with E-state index >= 15 is 0 Å². The van der Waals surface area contributed by atoms with E-state index in [2.05, 4.69) is 10.3 Å². The van der Waals surface area contributed by atoms with Crippen molar-refractivity contribution in [3.8, 4) is 5.75 Å². The van der Waals surface area contributed by atoms with Crippen LogP contribution in [0.25, 0.3) is 10.8 Å². The molecule has 0 saturated heterocycles. The van der Waals surface area contributed by atoms with Crippen molar-refractivity contribution in [2.75, 3.05) is 5.32 Å². The molecule has 0 aliphatic heterocycles. The standard InChI is InChI=1S/C19H19N3O3/c1-12(2)25-18-10-5-4-8-16(18)21-19-14-7-6-9-17(22(23)24)15(14)11-13(3)20-19/h4-12H,1-3H3,(H,20,21). The Kier molecular flexibility index (Phi) is 4.52. The van der Waals surface area contributed by atoms with Gasteiger partial charge in [0.05, 0.1) is 22.1 Å². The van der Waals surface area contributed by atoms with Crippen molar-refractivity contribution in [1.29, 1.82) is 0 Å². The van der Waals surface area contributed by atoms with E-state index in [1.807, 2.05) is 51.1 Å². The van der Waals surface area contributed by atoms with Gasteiger partial charge in [0.15, 0.2) is 0 Å². The van der Waals surface area contributed by atoms with Crippen LogP contribution in [-0.2, 0) is 0 Å². The van der Waals surface area contributed by atoms with Crippen molar-refractivity contribution in [2.45, 2.75) is 26.9 Å². The van der Waals surface area contributed by atoms with Gasteiger partial charge in [-0.1, -0.05) is 24.3 Å². The van der Waals surface area contributed by atoms with Gasteiger partial charge in [0.2, 0.25) is 0 Å². The topological polar surface area (TPSA) is 77.3 Å². The highest BCUT2D eigenvalue weighted by atomic mass is 16.6. The third kappa shape index (κ3) is 3.52. The third-order valence-corrected chi connectivity index (χ3v) is 3.68. The number of non-ortho nitro benzene ring substituents is 1. The summed E-state index contributed by atoms with van der Waals surface area (Å²) in [6.07, 6.45) is 0.0336. The maximum atomic E-state index is 11.3. The van der Waals surface area contributed by atoms with Gasteiger partial charge in [0, 0.05) is 17.1 Å². The second-order valence-electron chi connectivity index (χ2n) is 6.03. The Balaban J connectivity index is 2.12. The van der Waals surface area contributed by atoms with E-state index in [1.165, 1.54) is 6.07 Å². The van der Waals surface area contributed by atoms with Crippen molar-refractivity contribution in [2.24, 2.45) is 0 Å². The second-order valence-corrected chi connectivity index (χ2v) is 6.03. The van der Waals surface area contributed by atoms with Crippen LogP contribution in [0.1, 0.15) is 19.5 Å². The molecule has 6 nitrogen and oxygen atoms in total. The summed E-state index contributed by atoms with van der Waals surface area (Å²) in [5.41, 5.74) is 1.53. The number of nitrogens with one attached hydrogen (secondary N) is 1. The number of benzene rings is 2. The Bertz CT molecular complexity index is 938. The zero-order valence-corrected chi connectivity index (χ0v) is 14.3. The van der Waals surface area contributed by atoms with Crippen LogP contribution >= 0.6 is 0 Å². The van der Waals surface area contributed by atoms with E-state index in [0.29, 0.717) is 28.0 Å². The van der Waals surface area contributed by atoms with E-state index < -0.39 is 0 Å². The number of hydrogen-bond acceptors (Lipinski definition) is 5. The van der Waals surface area contributed by atoms with Crippen molar-refractivity contribution in [3.63, 3.8) is 0 Å². The summed E-state index contributed by atoms with van der Waals surface area (Å²) in [5, 5.41) is 15.8. The lowest BCUT2D eigenvalue weighted by Gasteiger charge is -2.16. The SMILES string of the molecule is Cc1cc2c([N+](=O)[O-])cccc2c(Nc2ccccc2OC(C)C)n1. The number of anilines is 2. The Hall–Kier alpha value is -3.15. The molecule has 0 bridgehead atoms. The van der Waals surface area contributed by atoms with Crippen LogP contribution in [0.15, 0.2) is 48.5 Å². The normalized spacial score (nSPS) is 10.9. The maximum Gasteiger partial charge on any atom is 0.277 e. The van der Waals surface area contributed by atoms with Gasteiger partial charge in [-0.05, 0) is 39.0 Å². The molecule has 0 unspecified atom stereocenters. The minimum absolute atomic E-state index is 0.0336. The Morgan fingerprint density at radius 3 is 2.60 bits per heavy atom. The molecule has 25 heavy (non-hydrogen) atoms. The van der Waals surface area contributed by atoms with Crippen LogP contribution in [0.2, 0.25) is 0 Å². The molecule has 0 aliphatic carbocycles. The van der Waals surface area contributed by atoms with Crippen LogP contribution in [0.3, 0.4) is 0 Å². The smallest absolute Gasteiger partial charge is 0.277 e. The molecule has 0 fully saturated rings. The number of nitro benzene ring substituents is 1. The van der Waals surface area contributed by atoms with Gasteiger partial charge < -0.3 is 10.1 Å². The van der Waals surface area contributed by atoms with E-state index in [1.54, 1.807) is 12.1 Å². The van der Waals surface area contributed by atoms with Gasteiger partial charge in [0.1, 0.15) is 11.6 Å². The molecule has 1 heterocycles. The number of fused-ring (bicyclic) bond motifs is 1. The number of nitro groups is 1. The van der Waals surface area contributed by atoms with Gasteiger partial charge in [-0.2, -0.15) is 0 Å². The van der Waals surface area contributed by atoms with Crippen LogP contribution < -0.4 is 10.1 Å². The lowest BCUT2D eigenvalue weighted by atomic mass is 10.1. The summed E-state index contributed by atoms with van der Waals surface area (Å²) < 4.78 is 5.82. The number of para-hydroxylation sites is 2.